The number of benzene rings is 2. The van der Waals surface area contributed by atoms with E-state index in [4.69, 9.17) is 0 Å². The van der Waals surface area contributed by atoms with Gasteiger partial charge < -0.3 is 0 Å². The molecule has 0 fully saturated rings. The Morgan fingerprint density at radius 3 is 2.06 bits per heavy atom. The van der Waals surface area contributed by atoms with Crippen molar-refractivity contribution < 1.29 is 4.79 Å². The maximum atomic E-state index is 11.8. The van der Waals surface area contributed by atoms with Crippen LogP contribution in [0.25, 0.3) is 0 Å². The molecule has 2 rings (SSSR count). The summed E-state index contributed by atoms with van der Waals surface area (Å²) < 4.78 is 1.24. The fourth-order valence-electron chi connectivity index (χ4n) is 1.18. The molecule has 0 radical (unpaired) electrons. The van der Waals surface area contributed by atoms with Crippen LogP contribution in [0.2, 0.25) is 0 Å². The molecule has 0 aliphatic heterocycles. The summed E-state index contributed by atoms with van der Waals surface area (Å²) in [4.78, 5) is 11.8. The Balaban J connectivity index is 1.95. The number of carbonyl (C=O) groups is 1. The summed E-state index contributed by atoms with van der Waals surface area (Å²) in [5.41, 5.74) is 0.783. The van der Waals surface area contributed by atoms with Crippen molar-refractivity contribution in [2.45, 2.75) is 0 Å². The summed E-state index contributed by atoms with van der Waals surface area (Å²) in [5.74, 6) is 0. The van der Waals surface area contributed by atoms with Gasteiger partial charge in [-0.15, -0.1) is 0 Å². The SMILES string of the molecule is O=C(S[Se]c1ccccc1)c1ccccc1. The zero-order valence-corrected chi connectivity index (χ0v) is 11.0. The van der Waals surface area contributed by atoms with Crippen molar-refractivity contribution in [3.63, 3.8) is 0 Å². The molecule has 1 nitrogen and oxygen atoms in total. The minimum atomic E-state index is 0.157. The van der Waals surface area contributed by atoms with Crippen molar-refractivity contribution in [3.8, 4) is 0 Å². The number of rotatable bonds is 3. The van der Waals surface area contributed by atoms with Crippen LogP contribution >= 0.6 is 10.2 Å². The molecule has 0 amide bonds. The zero-order chi connectivity index (χ0) is 11.2. The third-order valence-corrected chi connectivity index (χ3v) is 5.89. The first kappa shape index (κ1) is 11.5. The van der Waals surface area contributed by atoms with Crippen molar-refractivity contribution in [2.75, 3.05) is 0 Å². The van der Waals surface area contributed by atoms with Crippen molar-refractivity contribution in [3.05, 3.63) is 66.2 Å². The Morgan fingerprint density at radius 2 is 1.44 bits per heavy atom. The molecule has 0 bridgehead atoms. The molecule has 16 heavy (non-hydrogen) atoms. The summed E-state index contributed by atoms with van der Waals surface area (Å²) in [5, 5.41) is 0.157. The first-order chi connectivity index (χ1) is 7.86. The second-order valence-electron chi connectivity index (χ2n) is 3.13. The summed E-state index contributed by atoms with van der Waals surface area (Å²) in [6.45, 7) is 0. The molecule has 0 unspecified atom stereocenters. The van der Waals surface area contributed by atoms with Gasteiger partial charge in [-0.1, -0.05) is 0 Å². The summed E-state index contributed by atoms with van der Waals surface area (Å²) in [6, 6.07) is 19.5. The molecule has 0 aliphatic rings. The van der Waals surface area contributed by atoms with Gasteiger partial charge in [0.05, 0.1) is 0 Å². The summed E-state index contributed by atoms with van der Waals surface area (Å²) in [6.07, 6.45) is 0. The fourth-order valence-corrected chi connectivity index (χ4v) is 4.42. The normalized spacial score (nSPS) is 10.0. The Labute approximate surface area is 104 Å². The van der Waals surface area contributed by atoms with Gasteiger partial charge in [-0.25, -0.2) is 0 Å². The van der Waals surface area contributed by atoms with Crippen LogP contribution in [0.5, 0.6) is 0 Å². The predicted molar refractivity (Wildman–Crippen MR) is 70.2 cm³/mol. The molecular formula is C13H10OSSe. The Hall–Kier alpha value is -1.02. The molecule has 2 aromatic carbocycles. The third-order valence-electron chi connectivity index (χ3n) is 1.97. The summed E-state index contributed by atoms with van der Waals surface area (Å²) >= 11 is 0.161. The molecular weight excluding hydrogens is 283 g/mol. The number of hydrogen-bond donors (Lipinski definition) is 0. The number of hydrogen-bond acceptors (Lipinski definition) is 2. The first-order valence-electron chi connectivity index (χ1n) is 4.85. The average Bonchev–Trinajstić information content (AvgIpc) is 2.38. The molecule has 0 N–H and O–H groups in total. The van der Waals surface area contributed by atoms with E-state index in [9.17, 15) is 4.79 Å². The van der Waals surface area contributed by atoms with E-state index in [1.165, 1.54) is 14.6 Å². The van der Waals surface area contributed by atoms with Crippen molar-refractivity contribution in [1.82, 2.24) is 0 Å². The van der Waals surface area contributed by atoms with Gasteiger partial charge in [0.15, 0.2) is 0 Å². The van der Waals surface area contributed by atoms with Gasteiger partial charge in [-0.05, 0) is 0 Å². The molecule has 3 heteroatoms. The Bertz CT molecular complexity index is 456. The van der Waals surface area contributed by atoms with E-state index in [-0.39, 0.29) is 19.0 Å². The quantitative estimate of drug-likeness (QED) is 0.809. The minimum absolute atomic E-state index is 0.157. The van der Waals surface area contributed by atoms with E-state index in [1.54, 1.807) is 0 Å². The molecule has 0 saturated heterocycles. The maximum absolute atomic E-state index is 11.8. The monoisotopic (exact) mass is 294 g/mol. The molecule has 2 aromatic rings. The van der Waals surface area contributed by atoms with Gasteiger partial charge >= 0.3 is 105 Å². The summed E-state index contributed by atoms with van der Waals surface area (Å²) in [7, 11) is 1.41. The van der Waals surface area contributed by atoms with Crippen LogP contribution in [0, 0.1) is 0 Å². The van der Waals surface area contributed by atoms with Crippen molar-refractivity contribution in [1.29, 1.82) is 0 Å². The molecule has 0 atom stereocenters. The molecule has 0 saturated carbocycles. The van der Waals surface area contributed by atoms with E-state index in [0.717, 1.165) is 5.56 Å². The van der Waals surface area contributed by atoms with E-state index < -0.39 is 0 Å². The fraction of sp³-hybridized carbons (Fsp3) is 0. The molecule has 0 spiro atoms. The van der Waals surface area contributed by atoms with Crippen LogP contribution in [-0.2, 0) is 0 Å². The third kappa shape index (κ3) is 3.24. The van der Waals surface area contributed by atoms with Crippen LogP contribution in [0.3, 0.4) is 0 Å². The van der Waals surface area contributed by atoms with Gasteiger partial charge in [0.25, 0.3) is 0 Å². The standard InChI is InChI=1S/C13H10OSSe/c14-13(11-7-3-1-4-8-11)15-16-12-9-5-2-6-10-12/h1-10H. The molecule has 0 aromatic heterocycles. The zero-order valence-electron chi connectivity index (χ0n) is 8.50. The van der Waals surface area contributed by atoms with E-state index in [2.05, 4.69) is 12.1 Å². The molecule has 0 aliphatic carbocycles. The van der Waals surface area contributed by atoms with Crippen LogP contribution in [-0.4, -0.2) is 19.0 Å². The topological polar surface area (TPSA) is 17.1 Å². The second-order valence-corrected chi connectivity index (χ2v) is 6.92. The van der Waals surface area contributed by atoms with E-state index in [1.807, 2.05) is 48.5 Å². The number of carbonyl (C=O) groups excluding carboxylic acids is 1. The second kappa shape index (κ2) is 5.90. The first-order valence-corrected chi connectivity index (χ1v) is 8.55. The van der Waals surface area contributed by atoms with Crippen LogP contribution in [0.4, 0.5) is 0 Å². The molecule has 0 heterocycles. The van der Waals surface area contributed by atoms with Gasteiger partial charge in [0.2, 0.25) is 0 Å². The van der Waals surface area contributed by atoms with E-state index in [0.29, 0.717) is 0 Å². The average molecular weight is 293 g/mol. The van der Waals surface area contributed by atoms with Crippen LogP contribution < -0.4 is 4.46 Å². The van der Waals surface area contributed by atoms with Crippen LogP contribution in [0.1, 0.15) is 10.4 Å². The van der Waals surface area contributed by atoms with Gasteiger partial charge in [-0.2, -0.15) is 0 Å². The Kier molecular flexibility index (Phi) is 4.23. The molecule has 80 valence electrons. The van der Waals surface area contributed by atoms with Crippen molar-refractivity contribution >= 4 is 33.6 Å². The predicted octanol–water partition coefficient (Wildman–Crippen LogP) is 2.50. The van der Waals surface area contributed by atoms with Gasteiger partial charge in [0, 0.05) is 0 Å². The van der Waals surface area contributed by atoms with Gasteiger partial charge in [-0.3, -0.25) is 0 Å². The van der Waals surface area contributed by atoms with E-state index >= 15 is 0 Å². The van der Waals surface area contributed by atoms with Crippen molar-refractivity contribution in [2.24, 2.45) is 0 Å². The van der Waals surface area contributed by atoms with Gasteiger partial charge in [0.1, 0.15) is 0 Å². The van der Waals surface area contributed by atoms with Crippen LogP contribution in [0.15, 0.2) is 60.7 Å². The Morgan fingerprint density at radius 1 is 0.875 bits per heavy atom.